The molecule has 1 aromatic carbocycles. The van der Waals surface area contributed by atoms with Gasteiger partial charge in [-0.3, -0.25) is 9.59 Å². The van der Waals surface area contributed by atoms with E-state index in [9.17, 15) is 14.4 Å². The van der Waals surface area contributed by atoms with Gasteiger partial charge in [0, 0.05) is 35.2 Å². The number of anilines is 1. The summed E-state index contributed by atoms with van der Waals surface area (Å²) in [6.45, 7) is 6.16. The second-order valence-electron chi connectivity index (χ2n) is 14.0. The van der Waals surface area contributed by atoms with Crippen LogP contribution in [0.1, 0.15) is 88.0 Å². The van der Waals surface area contributed by atoms with Crippen molar-refractivity contribution in [1.29, 1.82) is 0 Å². The Hall–Kier alpha value is -2.92. The van der Waals surface area contributed by atoms with Gasteiger partial charge in [-0.25, -0.2) is 4.79 Å². The van der Waals surface area contributed by atoms with Crippen molar-refractivity contribution in [2.45, 2.75) is 94.7 Å². The number of halogens is 2. The van der Waals surface area contributed by atoms with Crippen molar-refractivity contribution < 1.29 is 14.3 Å². The quantitative estimate of drug-likeness (QED) is 0.388. The van der Waals surface area contributed by atoms with Gasteiger partial charge in [0.15, 0.2) is 0 Å². The summed E-state index contributed by atoms with van der Waals surface area (Å²) in [6.07, 6.45) is 5.56. The average molecular weight is 670 g/mol. The zero-order chi connectivity index (χ0) is 30.0. The molecule has 0 radical (unpaired) electrons. The van der Waals surface area contributed by atoms with E-state index in [1.807, 2.05) is 48.4 Å². The predicted molar refractivity (Wildman–Crippen MR) is 164 cm³/mol. The third kappa shape index (κ3) is 4.20. The highest BCUT2D eigenvalue weighted by molar-refractivity contribution is 9.10. The molecule has 5 aliphatic rings. The minimum absolute atomic E-state index is 0.0185. The Bertz CT molecular complexity index is 1780. The third-order valence-corrected chi connectivity index (χ3v) is 11.0. The number of benzene rings is 1. The number of piperidine rings is 1. The van der Waals surface area contributed by atoms with Crippen LogP contribution in [-0.2, 0) is 21.5 Å². The first kappa shape index (κ1) is 27.6. The molecule has 12 heteroatoms. The van der Waals surface area contributed by atoms with Crippen molar-refractivity contribution in [2.24, 2.45) is 11.8 Å². The molecular formula is C31H34BrClN6O4. The summed E-state index contributed by atoms with van der Waals surface area (Å²) in [6, 6.07) is 5.87. The zero-order valence-electron chi connectivity index (χ0n) is 24.4. The van der Waals surface area contributed by atoms with E-state index in [0.717, 1.165) is 30.5 Å². The normalized spacial score (nSPS) is 28.7. The highest BCUT2D eigenvalue weighted by Gasteiger charge is 2.70. The van der Waals surface area contributed by atoms with Crippen LogP contribution in [-0.4, -0.2) is 54.3 Å². The fourth-order valence-corrected chi connectivity index (χ4v) is 8.90. The van der Waals surface area contributed by atoms with Crippen LogP contribution in [0.2, 0.25) is 5.02 Å². The Labute approximate surface area is 262 Å². The molecule has 1 spiro atoms. The number of nitrogens with one attached hydrogen (secondary N) is 1. The van der Waals surface area contributed by atoms with Crippen molar-refractivity contribution in [2.75, 3.05) is 11.9 Å². The van der Waals surface area contributed by atoms with E-state index in [4.69, 9.17) is 16.3 Å². The molecule has 8 rings (SSSR count). The molecule has 2 aromatic heterocycles. The van der Waals surface area contributed by atoms with Gasteiger partial charge < -0.3 is 19.5 Å². The number of aromatic nitrogens is 4. The number of hydrogen-bond acceptors (Lipinski definition) is 6. The number of carbonyl (C=O) groups excluding carboxylic acids is 2. The zero-order valence-corrected chi connectivity index (χ0v) is 26.7. The van der Waals surface area contributed by atoms with E-state index in [2.05, 4.69) is 31.3 Å². The molecular weight excluding hydrogens is 636 g/mol. The molecule has 226 valence electrons. The van der Waals surface area contributed by atoms with Crippen LogP contribution in [0, 0.1) is 11.8 Å². The Morgan fingerprint density at radius 2 is 1.98 bits per heavy atom. The van der Waals surface area contributed by atoms with Gasteiger partial charge in [-0.1, -0.05) is 17.7 Å². The monoisotopic (exact) mass is 668 g/mol. The number of carbonyl (C=O) groups is 2. The van der Waals surface area contributed by atoms with Gasteiger partial charge in [0.1, 0.15) is 12.1 Å². The topological polar surface area (TPSA) is 111 Å². The highest BCUT2D eigenvalue weighted by atomic mass is 79.9. The highest BCUT2D eigenvalue weighted by Crippen LogP contribution is 2.72. The molecule has 1 N–H and O–H groups in total. The molecule has 5 atom stereocenters. The van der Waals surface area contributed by atoms with Gasteiger partial charge in [-0.2, -0.15) is 9.50 Å². The minimum atomic E-state index is -0.573. The Morgan fingerprint density at radius 3 is 2.65 bits per heavy atom. The molecule has 3 saturated carbocycles. The molecule has 3 heterocycles. The molecule has 0 bridgehead atoms. The maximum atomic E-state index is 14.2. The first-order chi connectivity index (χ1) is 20.5. The molecule has 4 aliphatic carbocycles. The predicted octanol–water partition coefficient (Wildman–Crippen LogP) is 5.60. The lowest BCUT2D eigenvalue weighted by molar-refractivity contribution is -0.116. The number of nitrogens with zero attached hydrogens (tertiary/aromatic N) is 5. The first-order valence-electron chi connectivity index (χ1n) is 15.2. The number of fused-ring (bicyclic) bond motifs is 8. The summed E-state index contributed by atoms with van der Waals surface area (Å²) in [4.78, 5) is 47.3. The minimum Gasteiger partial charge on any atom is -0.444 e. The van der Waals surface area contributed by atoms with Crippen molar-refractivity contribution in [3.8, 4) is 0 Å². The summed E-state index contributed by atoms with van der Waals surface area (Å²) < 4.78 is 9.28. The van der Waals surface area contributed by atoms with E-state index in [1.54, 1.807) is 0 Å². The van der Waals surface area contributed by atoms with Gasteiger partial charge in [-0.15, -0.1) is 5.10 Å². The molecule has 3 aromatic rings. The Balaban J connectivity index is 1.16. The number of rotatable bonds is 4. The lowest BCUT2D eigenvalue weighted by Gasteiger charge is -2.57. The van der Waals surface area contributed by atoms with Crippen molar-refractivity contribution >= 4 is 51.0 Å². The lowest BCUT2D eigenvalue weighted by Crippen LogP contribution is -2.64. The maximum Gasteiger partial charge on any atom is 0.410 e. The van der Waals surface area contributed by atoms with Crippen molar-refractivity contribution in [3.63, 3.8) is 0 Å². The standard InChI is InChI=1S/C31H34BrClN6O4/c1-30(2,3)43-29(42)37-11-10-31(18-7-9-22(18)37)19-13-17(19)25-24(31)26(41)39-28(35-27(32)36-39)38(25)14-23(40)34-21-8-6-16(12-20(21)33)15-4-5-15/h6,8,12,15,17-19,22H,4-5,7,9-11,13-14H2,1-3H3,(H,34,40)/t17-,18+,19+,22-,31-/m0/s1. The molecule has 10 nitrogen and oxygen atoms in total. The van der Waals surface area contributed by atoms with Crippen LogP contribution in [0.4, 0.5) is 10.5 Å². The molecule has 1 aliphatic heterocycles. The summed E-state index contributed by atoms with van der Waals surface area (Å²) in [5, 5.41) is 7.91. The van der Waals surface area contributed by atoms with Crippen molar-refractivity contribution in [1.82, 2.24) is 24.1 Å². The van der Waals surface area contributed by atoms with E-state index in [-0.39, 0.29) is 47.4 Å². The fourth-order valence-electron chi connectivity index (χ4n) is 8.35. The molecule has 4 fully saturated rings. The molecule has 0 unspecified atom stereocenters. The van der Waals surface area contributed by atoms with Crippen molar-refractivity contribution in [3.05, 3.63) is 55.1 Å². The van der Waals surface area contributed by atoms with Crippen LogP contribution in [0.25, 0.3) is 5.78 Å². The second kappa shape index (κ2) is 9.30. The summed E-state index contributed by atoms with van der Waals surface area (Å²) in [7, 11) is 0. The van der Waals surface area contributed by atoms with E-state index < -0.39 is 5.60 Å². The van der Waals surface area contributed by atoms with Crippen LogP contribution in [0.15, 0.2) is 27.7 Å². The fraction of sp³-hybridized carbons (Fsp3) is 0.581. The molecule has 2 amide bonds. The number of amides is 2. The first-order valence-corrected chi connectivity index (χ1v) is 16.4. The summed E-state index contributed by atoms with van der Waals surface area (Å²) >= 11 is 9.92. The van der Waals surface area contributed by atoms with Gasteiger partial charge in [0.2, 0.25) is 16.4 Å². The maximum absolute atomic E-state index is 14.2. The number of hydrogen-bond donors (Lipinski definition) is 1. The van der Waals surface area contributed by atoms with Gasteiger partial charge in [-0.05, 0) is 111 Å². The largest absolute Gasteiger partial charge is 0.444 e. The third-order valence-electron chi connectivity index (χ3n) is 10.3. The van der Waals surface area contributed by atoms with Crippen LogP contribution < -0.4 is 10.9 Å². The van der Waals surface area contributed by atoms with Crippen LogP contribution in [0.5, 0.6) is 0 Å². The Morgan fingerprint density at radius 1 is 1.19 bits per heavy atom. The lowest BCUT2D eigenvalue weighted by atomic mass is 9.54. The van der Waals surface area contributed by atoms with Crippen LogP contribution in [0.3, 0.4) is 0 Å². The number of ether oxygens (including phenoxy) is 1. The van der Waals surface area contributed by atoms with E-state index in [1.165, 1.54) is 22.9 Å². The number of likely N-dealkylation sites (tertiary alicyclic amines) is 1. The SMILES string of the molecule is CC(C)(C)OC(=O)N1CC[C@]2(c3c(n(CC(=O)Nc4ccc(C5CC5)cc4Cl)c4nc(Br)nn4c3=O)[C@H]3C[C@H]32)[C@@H]2CC[C@@H]21. The average Bonchev–Trinajstić information content (AvgIpc) is 3.83. The summed E-state index contributed by atoms with van der Waals surface area (Å²) in [5.41, 5.74) is 2.35. The van der Waals surface area contributed by atoms with E-state index >= 15 is 0 Å². The van der Waals surface area contributed by atoms with Gasteiger partial charge >= 0.3 is 6.09 Å². The van der Waals surface area contributed by atoms with Crippen LogP contribution >= 0.6 is 27.5 Å². The summed E-state index contributed by atoms with van der Waals surface area (Å²) in [5.74, 6) is 1.31. The second-order valence-corrected chi connectivity index (χ2v) is 15.1. The molecule has 43 heavy (non-hydrogen) atoms. The molecule has 1 saturated heterocycles. The smallest absolute Gasteiger partial charge is 0.410 e. The van der Waals surface area contributed by atoms with E-state index in [0.29, 0.717) is 46.0 Å². The van der Waals surface area contributed by atoms with Gasteiger partial charge in [0.25, 0.3) is 5.56 Å². The van der Waals surface area contributed by atoms with Gasteiger partial charge in [0.05, 0.1) is 10.7 Å². The Kier molecular flexibility index (Phi) is 5.97.